The van der Waals surface area contributed by atoms with Crippen LogP contribution in [0.4, 0.5) is 0 Å². The number of carbonyl (C=O) groups excluding carboxylic acids is 1. The number of carbonyl (C=O) groups is 1. The van der Waals surface area contributed by atoms with Gasteiger partial charge in [0.1, 0.15) is 5.75 Å². The van der Waals surface area contributed by atoms with Crippen LogP contribution >= 0.6 is 0 Å². The fraction of sp³-hybridized carbons (Fsp3) is 0.188. The van der Waals surface area contributed by atoms with Crippen LogP contribution in [0.1, 0.15) is 15.9 Å². The highest BCUT2D eigenvalue weighted by molar-refractivity contribution is 5.99. The van der Waals surface area contributed by atoms with Crippen LogP contribution in [0.3, 0.4) is 0 Å². The van der Waals surface area contributed by atoms with Gasteiger partial charge in [-0.05, 0) is 24.7 Å². The number of ketones is 1. The molecule has 0 amide bonds. The van der Waals surface area contributed by atoms with Gasteiger partial charge in [-0.1, -0.05) is 42.5 Å². The summed E-state index contributed by atoms with van der Waals surface area (Å²) < 4.78 is 0. The van der Waals surface area contributed by atoms with Gasteiger partial charge >= 0.3 is 0 Å². The third kappa shape index (κ3) is 3.66. The summed E-state index contributed by atoms with van der Waals surface area (Å²) in [5, 5.41) is 9.64. The molecule has 0 bridgehead atoms. The zero-order valence-electron chi connectivity index (χ0n) is 10.9. The fourth-order valence-corrected chi connectivity index (χ4v) is 1.99. The molecule has 2 aromatic carbocycles. The van der Waals surface area contributed by atoms with Crippen LogP contribution in [0.2, 0.25) is 0 Å². The maximum Gasteiger partial charge on any atom is 0.180 e. The average Bonchev–Trinajstić information content (AvgIpc) is 2.40. The SMILES string of the molecule is CN(CC(=O)c1ccccc1O)Cc1ccccc1. The smallest absolute Gasteiger partial charge is 0.180 e. The second kappa shape index (κ2) is 6.16. The molecular weight excluding hydrogens is 238 g/mol. The van der Waals surface area contributed by atoms with Crippen molar-refractivity contribution in [2.45, 2.75) is 6.54 Å². The predicted octanol–water partition coefficient (Wildman–Crippen LogP) is 2.71. The summed E-state index contributed by atoms with van der Waals surface area (Å²) in [6.45, 7) is 0.993. The molecule has 0 saturated heterocycles. The molecule has 0 radical (unpaired) electrons. The first kappa shape index (κ1) is 13.3. The highest BCUT2D eigenvalue weighted by Crippen LogP contribution is 2.16. The Hall–Kier alpha value is -2.13. The van der Waals surface area contributed by atoms with Gasteiger partial charge in [0.05, 0.1) is 12.1 Å². The number of nitrogens with zero attached hydrogens (tertiary/aromatic N) is 1. The van der Waals surface area contributed by atoms with Crippen molar-refractivity contribution in [2.24, 2.45) is 0 Å². The Balaban J connectivity index is 1.98. The van der Waals surface area contributed by atoms with E-state index in [0.29, 0.717) is 12.1 Å². The highest BCUT2D eigenvalue weighted by Gasteiger charge is 2.12. The van der Waals surface area contributed by atoms with E-state index in [4.69, 9.17) is 0 Å². The van der Waals surface area contributed by atoms with Crippen molar-refractivity contribution in [2.75, 3.05) is 13.6 Å². The van der Waals surface area contributed by atoms with Crippen molar-refractivity contribution in [3.05, 3.63) is 65.7 Å². The number of benzene rings is 2. The van der Waals surface area contributed by atoms with Crippen LogP contribution in [0, 0.1) is 0 Å². The van der Waals surface area contributed by atoms with Crippen molar-refractivity contribution in [3.8, 4) is 5.75 Å². The molecule has 0 unspecified atom stereocenters. The van der Waals surface area contributed by atoms with Crippen molar-refractivity contribution in [1.82, 2.24) is 4.90 Å². The Labute approximate surface area is 113 Å². The summed E-state index contributed by atoms with van der Waals surface area (Å²) >= 11 is 0. The highest BCUT2D eigenvalue weighted by atomic mass is 16.3. The Morgan fingerprint density at radius 2 is 1.68 bits per heavy atom. The summed E-state index contributed by atoms with van der Waals surface area (Å²) in [6, 6.07) is 16.6. The molecule has 0 saturated carbocycles. The lowest BCUT2D eigenvalue weighted by Crippen LogP contribution is -2.25. The van der Waals surface area contributed by atoms with Gasteiger partial charge in [-0.15, -0.1) is 0 Å². The molecule has 98 valence electrons. The summed E-state index contributed by atoms with van der Waals surface area (Å²) in [6.07, 6.45) is 0. The van der Waals surface area contributed by atoms with E-state index in [1.54, 1.807) is 18.2 Å². The number of phenolic OH excluding ortho intramolecular Hbond substituents is 1. The fourth-order valence-electron chi connectivity index (χ4n) is 1.99. The van der Waals surface area contributed by atoms with Crippen LogP contribution in [0.25, 0.3) is 0 Å². The Bertz CT molecular complexity index is 552. The van der Waals surface area contributed by atoms with E-state index in [9.17, 15) is 9.90 Å². The Morgan fingerprint density at radius 1 is 1.05 bits per heavy atom. The zero-order chi connectivity index (χ0) is 13.7. The Morgan fingerprint density at radius 3 is 2.37 bits per heavy atom. The van der Waals surface area contributed by atoms with E-state index in [-0.39, 0.29) is 18.1 Å². The minimum Gasteiger partial charge on any atom is -0.507 e. The molecule has 0 aromatic heterocycles. The molecule has 2 rings (SSSR count). The lowest BCUT2D eigenvalue weighted by Gasteiger charge is -2.16. The molecule has 0 atom stereocenters. The van der Waals surface area contributed by atoms with Crippen molar-refractivity contribution in [1.29, 1.82) is 0 Å². The van der Waals surface area contributed by atoms with Crippen LogP contribution in [-0.4, -0.2) is 29.4 Å². The molecule has 0 aliphatic carbocycles. The number of Topliss-reactive ketones (excluding diaryl/α,β-unsaturated/α-hetero) is 1. The topological polar surface area (TPSA) is 40.5 Å². The number of phenols is 1. The van der Waals surface area contributed by atoms with Gasteiger partial charge in [0.25, 0.3) is 0 Å². The molecule has 3 heteroatoms. The molecule has 0 spiro atoms. The van der Waals surface area contributed by atoms with E-state index in [1.165, 1.54) is 6.07 Å². The van der Waals surface area contributed by atoms with E-state index in [1.807, 2.05) is 42.3 Å². The lowest BCUT2D eigenvalue weighted by atomic mass is 10.1. The maximum atomic E-state index is 12.1. The summed E-state index contributed by atoms with van der Waals surface area (Å²) in [5.41, 5.74) is 1.54. The predicted molar refractivity (Wildman–Crippen MR) is 75.2 cm³/mol. The van der Waals surface area contributed by atoms with Gasteiger partial charge in [-0.3, -0.25) is 9.69 Å². The van der Waals surface area contributed by atoms with Gasteiger partial charge in [-0.25, -0.2) is 0 Å². The lowest BCUT2D eigenvalue weighted by molar-refractivity contribution is 0.0940. The first-order valence-corrected chi connectivity index (χ1v) is 6.20. The third-order valence-corrected chi connectivity index (χ3v) is 2.91. The van der Waals surface area contributed by atoms with Crippen LogP contribution in [0.15, 0.2) is 54.6 Å². The van der Waals surface area contributed by atoms with Crippen molar-refractivity contribution in [3.63, 3.8) is 0 Å². The minimum atomic E-state index is -0.0727. The summed E-state index contributed by atoms with van der Waals surface area (Å²) in [5.74, 6) is -0.0304. The normalized spacial score (nSPS) is 10.6. The number of likely N-dealkylation sites (N-methyl/N-ethyl adjacent to an activating group) is 1. The number of aromatic hydroxyl groups is 1. The quantitative estimate of drug-likeness (QED) is 0.835. The Kier molecular flexibility index (Phi) is 4.31. The van der Waals surface area contributed by atoms with E-state index >= 15 is 0 Å². The van der Waals surface area contributed by atoms with Gasteiger partial charge in [0, 0.05) is 6.54 Å². The molecule has 0 heterocycles. The minimum absolute atomic E-state index is 0.0422. The van der Waals surface area contributed by atoms with Crippen molar-refractivity contribution >= 4 is 5.78 Å². The number of hydrogen-bond acceptors (Lipinski definition) is 3. The molecule has 1 N–H and O–H groups in total. The zero-order valence-corrected chi connectivity index (χ0v) is 10.9. The second-order valence-electron chi connectivity index (χ2n) is 4.60. The van der Waals surface area contributed by atoms with Gasteiger partial charge in [0.15, 0.2) is 5.78 Å². The van der Waals surface area contributed by atoms with E-state index in [2.05, 4.69) is 0 Å². The molecule has 0 aliphatic rings. The molecule has 3 nitrogen and oxygen atoms in total. The third-order valence-electron chi connectivity index (χ3n) is 2.91. The first-order valence-electron chi connectivity index (χ1n) is 6.20. The van der Waals surface area contributed by atoms with Crippen LogP contribution < -0.4 is 0 Å². The van der Waals surface area contributed by atoms with Crippen LogP contribution in [-0.2, 0) is 6.54 Å². The van der Waals surface area contributed by atoms with E-state index < -0.39 is 0 Å². The maximum absolute atomic E-state index is 12.1. The standard InChI is InChI=1S/C16H17NO2/c1-17(11-13-7-3-2-4-8-13)12-16(19)14-9-5-6-10-15(14)18/h2-10,18H,11-12H2,1H3. The van der Waals surface area contributed by atoms with Crippen molar-refractivity contribution < 1.29 is 9.90 Å². The number of para-hydroxylation sites is 1. The number of hydrogen-bond donors (Lipinski definition) is 1. The molecule has 0 fully saturated rings. The molecular formula is C16H17NO2. The summed E-state index contributed by atoms with van der Waals surface area (Å²) in [7, 11) is 1.89. The monoisotopic (exact) mass is 255 g/mol. The van der Waals surface area contributed by atoms with E-state index in [0.717, 1.165) is 5.56 Å². The van der Waals surface area contributed by atoms with Gasteiger partial charge in [0.2, 0.25) is 0 Å². The first-order chi connectivity index (χ1) is 9.16. The van der Waals surface area contributed by atoms with Crippen LogP contribution in [0.5, 0.6) is 5.75 Å². The summed E-state index contributed by atoms with van der Waals surface area (Å²) in [4.78, 5) is 14.0. The second-order valence-corrected chi connectivity index (χ2v) is 4.60. The molecule has 2 aromatic rings. The average molecular weight is 255 g/mol. The van der Waals surface area contributed by atoms with Gasteiger partial charge in [-0.2, -0.15) is 0 Å². The van der Waals surface area contributed by atoms with Gasteiger partial charge < -0.3 is 5.11 Å². The molecule has 19 heavy (non-hydrogen) atoms. The largest absolute Gasteiger partial charge is 0.507 e. The molecule has 0 aliphatic heterocycles. The number of rotatable bonds is 5.